The summed E-state index contributed by atoms with van der Waals surface area (Å²) in [5, 5.41) is 3.03. The Kier molecular flexibility index (Phi) is 3.00. The first-order chi connectivity index (χ1) is 9.24. The lowest BCUT2D eigenvalue weighted by Crippen LogP contribution is -2.19. The van der Waals surface area contributed by atoms with Gasteiger partial charge in [0.2, 0.25) is 5.95 Å². The fraction of sp³-hybridized carbons (Fsp3) is 0.154. The third-order valence-electron chi connectivity index (χ3n) is 2.84. The maximum atomic E-state index is 5.77. The van der Waals surface area contributed by atoms with Crippen molar-refractivity contribution in [3.8, 4) is 0 Å². The van der Waals surface area contributed by atoms with E-state index in [1.165, 1.54) is 0 Å². The highest BCUT2D eigenvalue weighted by molar-refractivity contribution is 7.07. The number of nitrogen functional groups attached to an aromatic ring is 1. The third-order valence-corrected chi connectivity index (χ3v) is 3.48. The Morgan fingerprint density at radius 1 is 1.26 bits per heavy atom. The van der Waals surface area contributed by atoms with Gasteiger partial charge in [0.15, 0.2) is 0 Å². The number of benzene rings is 1. The van der Waals surface area contributed by atoms with Crippen LogP contribution in [0.1, 0.15) is 5.69 Å². The van der Waals surface area contributed by atoms with Crippen LogP contribution in [-0.2, 0) is 6.54 Å². The first-order valence-electron chi connectivity index (χ1n) is 5.84. The highest BCUT2D eigenvalue weighted by Gasteiger charge is 2.11. The summed E-state index contributed by atoms with van der Waals surface area (Å²) < 4.78 is 0. The van der Waals surface area contributed by atoms with E-state index in [0.29, 0.717) is 12.5 Å². The van der Waals surface area contributed by atoms with Gasteiger partial charge < -0.3 is 10.6 Å². The molecule has 0 atom stereocenters. The molecule has 3 aromatic rings. The molecule has 0 fully saturated rings. The van der Waals surface area contributed by atoms with Gasteiger partial charge in [0.05, 0.1) is 23.3 Å². The molecule has 96 valence electrons. The number of rotatable bonds is 3. The van der Waals surface area contributed by atoms with Crippen LogP contribution in [0.4, 0.5) is 11.8 Å². The molecule has 1 aromatic carbocycles. The molecule has 2 aromatic heterocycles. The van der Waals surface area contributed by atoms with Gasteiger partial charge in [-0.15, -0.1) is 11.3 Å². The van der Waals surface area contributed by atoms with Crippen molar-refractivity contribution < 1.29 is 0 Å². The summed E-state index contributed by atoms with van der Waals surface area (Å²) in [7, 11) is 1.98. The van der Waals surface area contributed by atoms with Gasteiger partial charge >= 0.3 is 0 Å². The molecule has 0 bridgehead atoms. The number of fused-ring (bicyclic) bond motifs is 1. The van der Waals surface area contributed by atoms with Crippen molar-refractivity contribution >= 4 is 34.0 Å². The van der Waals surface area contributed by atoms with Crippen molar-refractivity contribution in [3.05, 3.63) is 40.8 Å². The minimum Gasteiger partial charge on any atom is -0.368 e. The van der Waals surface area contributed by atoms with Gasteiger partial charge in [0.25, 0.3) is 0 Å². The van der Waals surface area contributed by atoms with E-state index in [9.17, 15) is 0 Å². The Morgan fingerprint density at radius 3 is 2.89 bits per heavy atom. The molecule has 0 saturated carbocycles. The number of hydrogen-bond donors (Lipinski definition) is 1. The third kappa shape index (κ3) is 2.34. The van der Waals surface area contributed by atoms with Gasteiger partial charge in [-0.2, -0.15) is 4.98 Å². The lowest BCUT2D eigenvalue weighted by molar-refractivity contribution is 0.878. The molecule has 0 radical (unpaired) electrons. The van der Waals surface area contributed by atoms with Crippen LogP contribution in [-0.4, -0.2) is 22.0 Å². The maximum Gasteiger partial charge on any atom is 0.222 e. The summed E-state index contributed by atoms with van der Waals surface area (Å²) in [6, 6.07) is 7.86. The Morgan fingerprint density at radius 2 is 2.11 bits per heavy atom. The first-order valence-corrected chi connectivity index (χ1v) is 6.79. The van der Waals surface area contributed by atoms with E-state index < -0.39 is 0 Å². The second kappa shape index (κ2) is 4.81. The fourth-order valence-electron chi connectivity index (χ4n) is 2.00. The maximum absolute atomic E-state index is 5.77. The van der Waals surface area contributed by atoms with E-state index in [1.54, 1.807) is 11.3 Å². The van der Waals surface area contributed by atoms with Crippen molar-refractivity contribution in [2.75, 3.05) is 17.7 Å². The number of thiazole rings is 1. The Balaban J connectivity index is 2.03. The predicted octanol–water partition coefficient (Wildman–Crippen LogP) is 2.30. The Hall–Kier alpha value is -2.21. The Bertz CT molecular complexity index is 695. The summed E-state index contributed by atoms with van der Waals surface area (Å²) >= 11 is 1.59. The van der Waals surface area contributed by atoms with Gasteiger partial charge in [0.1, 0.15) is 5.82 Å². The summed E-state index contributed by atoms with van der Waals surface area (Å²) in [4.78, 5) is 14.9. The van der Waals surface area contributed by atoms with Gasteiger partial charge in [-0.3, -0.25) is 0 Å². The first kappa shape index (κ1) is 11.9. The number of para-hydroxylation sites is 1. The fourth-order valence-corrected chi connectivity index (χ4v) is 2.55. The van der Waals surface area contributed by atoms with E-state index in [-0.39, 0.29) is 0 Å². The van der Waals surface area contributed by atoms with E-state index in [1.807, 2.05) is 47.1 Å². The summed E-state index contributed by atoms with van der Waals surface area (Å²) in [5.74, 6) is 1.12. The van der Waals surface area contributed by atoms with Crippen molar-refractivity contribution in [3.63, 3.8) is 0 Å². The van der Waals surface area contributed by atoms with E-state index in [4.69, 9.17) is 5.73 Å². The lowest BCUT2D eigenvalue weighted by Gasteiger charge is -2.19. The summed E-state index contributed by atoms with van der Waals surface area (Å²) in [6.07, 6.45) is 0. The quantitative estimate of drug-likeness (QED) is 0.791. The van der Waals surface area contributed by atoms with Crippen molar-refractivity contribution in [1.29, 1.82) is 0 Å². The van der Waals surface area contributed by atoms with Crippen molar-refractivity contribution in [2.45, 2.75) is 6.54 Å². The highest BCUT2D eigenvalue weighted by atomic mass is 32.1. The van der Waals surface area contributed by atoms with Crippen LogP contribution in [0.3, 0.4) is 0 Å². The number of nitrogens with two attached hydrogens (primary N) is 1. The largest absolute Gasteiger partial charge is 0.368 e. The molecule has 19 heavy (non-hydrogen) atoms. The smallest absolute Gasteiger partial charge is 0.222 e. The number of nitrogens with zero attached hydrogens (tertiary/aromatic N) is 4. The topological polar surface area (TPSA) is 67.9 Å². The average molecular weight is 271 g/mol. The highest BCUT2D eigenvalue weighted by Crippen LogP contribution is 2.24. The second-order valence-corrected chi connectivity index (χ2v) is 4.98. The summed E-state index contributed by atoms with van der Waals surface area (Å²) in [6.45, 7) is 0.698. The van der Waals surface area contributed by atoms with Gasteiger partial charge in [-0.1, -0.05) is 12.1 Å². The van der Waals surface area contributed by atoms with Gasteiger partial charge in [0, 0.05) is 17.8 Å². The molecular formula is C13H13N5S. The molecular weight excluding hydrogens is 258 g/mol. The molecule has 0 saturated heterocycles. The zero-order valence-electron chi connectivity index (χ0n) is 10.4. The summed E-state index contributed by atoms with van der Waals surface area (Å²) in [5.41, 5.74) is 9.48. The molecule has 2 N–H and O–H groups in total. The predicted molar refractivity (Wildman–Crippen MR) is 78.2 cm³/mol. The second-order valence-electron chi connectivity index (χ2n) is 4.26. The van der Waals surface area contributed by atoms with Crippen molar-refractivity contribution in [1.82, 2.24) is 15.0 Å². The number of anilines is 2. The van der Waals surface area contributed by atoms with Crippen LogP contribution in [0.2, 0.25) is 0 Å². The van der Waals surface area contributed by atoms with E-state index in [0.717, 1.165) is 22.4 Å². The minimum atomic E-state index is 0.291. The molecule has 0 unspecified atom stereocenters. The molecule has 0 spiro atoms. The molecule has 0 aliphatic carbocycles. The van der Waals surface area contributed by atoms with Gasteiger partial charge in [-0.25, -0.2) is 9.97 Å². The Labute approximate surface area is 114 Å². The molecule has 3 rings (SSSR count). The van der Waals surface area contributed by atoms with Gasteiger partial charge in [-0.05, 0) is 12.1 Å². The SMILES string of the molecule is CN(Cc1cscn1)c1nc(N)nc2ccccc12. The number of aromatic nitrogens is 3. The van der Waals surface area contributed by atoms with E-state index in [2.05, 4.69) is 15.0 Å². The van der Waals surface area contributed by atoms with Crippen LogP contribution in [0.5, 0.6) is 0 Å². The van der Waals surface area contributed by atoms with Crippen LogP contribution < -0.4 is 10.6 Å². The monoisotopic (exact) mass is 271 g/mol. The molecule has 0 aliphatic heterocycles. The van der Waals surface area contributed by atoms with Crippen LogP contribution in [0.15, 0.2) is 35.2 Å². The molecule has 0 aliphatic rings. The zero-order chi connectivity index (χ0) is 13.2. The van der Waals surface area contributed by atoms with E-state index >= 15 is 0 Å². The average Bonchev–Trinajstić information content (AvgIpc) is 2.90. The lowest BCUT2D eigenvalue weighted by atomic mass is 10.2. The standard InChI is InChI=1S/C13H13N5S/c1-18(6-9-7-19-8-15-9)12-10-4-2-3-5-11(10)16-13(14)17-12/h2-5,7-8H,6H2,1H3,(H2,14,16,17). The van der Waals surface area contributed by atoms with Crippen LogP contribution >= 0.6 is 11.3 Å². The normalized spacial score (nSPS) is 10.8. The zero-order valence-corrected chi connectivity index (χ0v) is 11.3. The number of hydrogen-bond acceptors (Lipinski definition) is 6. The molecule has 6 heteroatoms. The van der Waals surface area contributed by atoms with Crippen LogP contribution in [0.25, 0.3) is 10.9 Å². The van der Waals surface area contributed by atoms with Crippen molar-refractivity contribution in [2.24, 2.45) is 0 Å². The minimum absolute atomic E-state index is 0.291. The van der Waals surface area contributed by atoms with Crippen LogP contribution in [0, 0.1) is 0 Å². The molecule has 5 nitrogen and oxygen atoms in total. The molecule has 2 heterocycles. The molecule has 0 amide bonds.